The molecule has 1 aliphatic heterocycles. The first-order chi connectivity index (χ1) is 10.7. The van der Waals surface area contributed by atoms with Gasteiger partial charge in [-0.15, -0.1) is 0 Å². The maximum atomic E-state index is 11.6. The molecule has 1 heterocycles. The van der Waals surface area contributed by atoms with Crippen molar-refractivity contribution in [1.82, 2.24) is 15.5 Å². The van der Waals surface area contributed by atoms with Crippen molar-refractivity contribution in [1.29, 1.82) is 0 Å². The molecule has 6 heteroatoms. The van der Waals surface area contributed by atoms with Gasteiger partial charge < -0.3 is 20.1 Å². The van der Waals surface area contributed by atoms with Crippen molar-refractivity contribution in [3.05, 3.63) is 29.8 Å². The van der Waals surface area contributed by atoms with E-state index >= 15 is 0 Å². The van der Waals surface area contributed by atoms with Crippen molar-refractivity contribution in [2.24, 2.45) is 0 Å². The highest BCUT2D eigenvalue weighted by Gasteiger charge is 2.09. The second-order valence-corrected chi connectivity index (χ2v) is 5.30. The van der Waals surface area contributed by atoms with Gasteiger partial charge in [0.05, 0.1) is 19.8 Å². The molecule has 1 aliphatic rings. The highest BCUT2D eigenvalue weighted by Crippen LogP contribution is 2.10. The van der Waals surface area contributed by atoms with Gasteiger partial charge in [-0.25, -0.2) is 4.79 Å². The van der Waals surface area contributed by atoms with E-state index in [0.29, 0.717) is 19.7 Å². The summed E-state index contributed by atoms with van der Waals surface area (Å²) in [6.07, 6.45) is 0. The third kappa shape index (κ3) is 6.32. The number of ether oxygens (including phenoxy) is 2. The minimum Gasteiger partial charge on any atom is -0.492 e. The van der Waals surface area contributed by atoms with E-state index in [2.05, 4.69) is 15.5 Å². The summed E-state index contributed by atoms with van der Waals surface area (Å²) < 4.78 is 10.8. The number of amides is 2. The summed E-state index contributed by atoms with van der Waals surface area (Å²) in [5.41, 5.74) is 1.20. The van der Waals surface area contributed by atoms with Crippen LogP contribution in [0.4, 0.5) is 4.79 Å². The molecular weight excluding hydrogens is 282 g/mol. The standard InChI is InChI=1S/C16H25N3O3/c1-14-2-4-15(5-3-14)22-11-7-18-16(20)17-6-8-19-9-12-21-13-10-19/h2-5H,6-13H2,1H3,(H2,17,18,20). The van der Waals surface area contributed by atoms with Crippen molar-refractivity contribution in [2.75, 3.05) is 52.5 Å². The molecule has 1 fully saturated rings. The van der Waals surface area contributed by atoms with Crippen LogP contribution in [-0.2, 0) is 4.74 Å². The van der Waals surface area contributed by atoms with Crippen molar-refractivity contribution < 1.29 is 14.3 Å². The van der Waals surface area contributed by atoms with E-state index in [9.17, 15) is 4.79 Å². The van der Waals surface area contributed by atoms with E-state index in [1.165, 1.54) is 5.56 Å². The first kappa shape index (κ1) is 16.6. The number of carbonyl (C=O) groups is 1. The lowest BCUT2D eigenvalue weighted by molar-refractivity contribution is 0.0387. The predicted molar refractivity (Wildman–Crippen MR) is 85.3 cm³/mol. The van der Waals surface area contributed by atoms with E-state index in [1.807, 2.05) is 31.2 Å². The average Bonchev–Trinajstić information content (AvgIpc) is 2.54. The molecule has 0 atom stereocenters. The molecule has 122 valence electrons. The molecule has 1 aromatic rings. The summed E-state index contributed by atoms with van der Waals surface area (Å²) >= 11 is 0. The Morgan fingerprint density at radius 2 is 1.86 bits per heavy atom. The lowest BCUT2D eigenvalue weighted by atomic mass is 10.2. The second-order valence-electron chi connectivity index (χ2n) is 5.30. The molecule has 0 aromatic heterocycles. The monoisotopic (exact) mass is 307 g/mol. The van der Waals surface area contributed by atoms with Gasteiger partial charge in [0.1, 0.15) is 12.4 Å². The fourth-order valence-corrected chi connectivity index (χ4v) is 2.18. The van der Waals surface area contributed by atoms with Crippen molar-refractivity contribution in [2.45, 2.75) is 6.92 Å². The van der Waals surface area contributed by atoms with Crippen LogP contribution in [0, 0.1) is 6.92 Å². The largest absolute Gasteiger partial charge is 0.492 e. The molecule has 2 amide bonds. The van der Waals surface area contributed by atoms with Gasteiger partial charge in [-0.2, -0.15) is 0 Å². The van der Waals surface area contributed by atoms with Crippen LogP contribution in [0.5, 0.6) is 5.75 Å². The minimum absolute atomic E-state index is 0.152. The Morgan fingerprint density at radius 1 is 1.18 bits per heavy atom. The molecule has 6 nitrogen and oxygen atoms in total. The van der Waals surface area contributed by atoms with Gasteiger partial charge in [0.15, 0.2) is 0 Å². The number of morpholine rings is 1. The molecule has 0 bridgehead atoms. The van der Waals surface area contributed by atoms with Crippen molar-refractivity contribution >= 4 is 6.03 Å². The average molecular weight is 307 g/mol. The number of nitrogens with zero attached hydrogens (tertiary/aromatic N) is 1. The van der Waals surface area contributed by atoms with Crippen LogP contribution in [0.3, 0.4) is 0 Å². The first-order valence-electron chi connectivity index (χ1n) is 7.75. The van der Waals surface area contributed by atoms with Crippen LogP contribution in [-0.4, -0.2) is 63.5 Å². The Morgan fingerprint density at radius 3 is 2.59 bits per heavy atom. The molecule has 0 unspecified atom stereocenters. The lowest BCUT2D eigenvalue weighted by Crippen LogP contribution is -2.44. The van der Waals surface area contributed by atoms with Crippen molar-refractivity contribution in [3.8, 4) is 5.75 Å². The van der Waals surface area contributed by atoms with Gasteiger partial charge in [-0.1, -0.05) is 17.7 Å². The van der Waals surface area contributed by atoms with E-state index in [4.69, 9.17) is 9.47 Å². The lowest BCUT2D eigenvalue weighted by Gasteiger charge is -2.26. The number of benzene rings is 1. The zero-order chi connectivity index (χ0) is 15.6. The van der Waals surface area contributed by atoms with Crippen LogP contribution < -0.4 is 15.4 Å². The molecule has 2 rings (SSSR count). The fraction of sp³-hybridized carbons (Fsp3) is 0.562. The molecular formula is C16H25N3O3. The normalized spacial score (nSPS) is 15.3. The van der Waals surface area contributed by atoms with Crippen molar-refractivity contribution in [3.63, 3.8) is 0 Å². The maximum absolute atomic E-state index is 11.6. The van der Waals surface area contributed by atoms with E-state index in [1.54, 1.807) is 0 Å². The zero-order valence-electron chi connectivity index (χ0n) is 13.1. The summed E-state index contributed by atoms with van der Waals surface area (Å²) in [7, 11) is 0. The highest BCUT2D eigenvalue weighted by molar-refractivity contribution is 5.73. The summed E-state index contributed by atoms with van der Waals surface area (Å²) in [5.74, 6) is 0.820. The summed E-state index contributed by atoms with van der Waals surface area (Å²) in [4.78, 5) is 13.9. The van der Waals surface area contributed by atoms with E-state index in [0.717, 1.165) is 38.6 Å². The van der Waals surface area contributed by atoms with E-state index < -0.39 is 0 Å². The van der Waals surface area contributed by atoms with Crippen LogP contribution in [0.15, 0.2) is 24.3 Å². The molecule has 1 aromatic carbocycles. The Hall–Kier alpha value is -1.79. The van der Waals surface area contributed by atoms with Gasteiger partial charge in [0.25, 0.3) is 0 Å². The third-order valence-electron chi connectivity index (χ3n) is 3.49. The smallest absolute Gasteiger partial charge is 0.314 e. The quantitative estimate of drug-likeness (QED) is 0.738. The molecule has 1 saturated heterocycles. The summed E-state index contributed by atoms with van der Waals surface area (Å²) in [5, 5.41) is 5.63. The van der Waals surface area contributed by atoms with Gasteiger partial charge in [0, 0.05) is 26.2 Å². The van der Waals surface area contributed by atoms with Crippen LogP contribution >= 0.6 is 0 Å². The summed E-state index contributed by atoms with van der Waals surface area (Å²) in [6, 6.07) is 7.71. The highest BCUT2D eigenvalue weighted by atomic mass is 16.5. The number of hydrogen-bond donors (Lipinski definition) is 2. The predicted octanol–water partition coefficient (Wildman–Crippen LogP) is 1.01. The minimum atomic E-state index is -0.152. The first-order valence-corrected chi connectivity index (χ1v) is 7.75. The van der Waals surface area contributed by atoms with Gasteiger partial charge >= 0.3 is 6.03 Å². The number of nitrogens with one attached hydrogen (secondary N) is 2. The molecule has 0 saturated carbocycles. The maximum Gasteiger partial charge on any atom is 0.314 e. The molecule has 22 heavy (non-hydrogen) atoms. The third-order valence-corrected chi connectivity index (χ3v) is 3.49. The second kappa shape index (κ2) is 9.27. The fourth-order valence-electron chi connectivity index (χ4n) is 2.18. The van der Waals surface area contributed by atoms with Gasteiger partial charge in [-0.05, 0) is 19.1 Å². The van der Waals surface area contributed by atoms with Crippen LogP contribution in [0.25, 0.3) is 0 Å². The SMILES string of the molecule is Cc1ccc(OCCNC(=O)NCCN2CCOCC2)cc1. The zero-order valence-corrected chi connectivity index (χ0v) is 13.1. The number of urea groups is 1. The van der Waals surface area contributed by atoms with Gasteiger partial charge in [0.2, 0.25) is 0 Å². The molecule has 2 N–H and O–H groups in total. The topological polar surface area (TPSA) is 62.8 Å². The molecule has 0 aliphatic carbocycles. The van der Waals surface area contributed by atoms with Crippen LogP contribution in [0.2, 0.25) is 0 Å². The number of aryl methyl sites for hydroxylation is 1. The van der Waals surface area contributed by atoms with Gasteiger partial charge in [-0.3, -0.25) is 4.90 Å². The Labute approximate surface area is 131 Å². The molecule has 0 spiro atoms. The number of rotatable bonds is 7. The Bertz CT molecular complexity index is 444. The number of carbonyl (C=O) groups excluding carboxylic acids is 1. The van der Waals surface area contributed by atoms with Crippen LogP contribution in [0.1, 0.15) is 5.56 Å². The van der Waals surface area contributed by atoms with E-state index in [-0.39, 0.29) is 6.03 Å². The summed E-state index contributed by atoms with van der Waals surface area (Å²) in [6.45, 7) is 7.91. The molecule has 0 radical (unpaired) electrons. The Kier molecular flexibility index (Phi) is 6.99. The Balaban J connectivity index is 1.49. The number of hydrogen-bond acceptors (Lipinski definition) is 4.